The van der Waals surface area contributed by atoms with E-state index in [2.05, 4.69) is 5.32 Å². The first-order valence-electron chi connectivity index (χ1n) is 5.96. The largest absolute Gasteiger partial charge is 0.396 e. The van der Waals surface area contributed by atoms with Crippen molar-refractivity contribution >= 4 is 17.5 Å². The van der Waals surface area contributed by atoms with E-state index in [1.165, 1.54) is 0 Å². The van der Waals surface area contributed by atoms with Crippen LogP contribution >= 0.6 is 11.6 Å². The molecule has 2 N–H and O–H groups in total. The van der Waals surface area contributed by atoms with Crippen molar-refractivity contribution in [2.24, 2.45) is 5.92 Å². The van der Waals surface area contributed by atoms with Gasteiger partial charge >= 0.3 is 0 Å². The fraction of sp³-hybridized carbons (Fsp3) is 0.357. The Morgan fingerprint density at radius 3 is 2.89 bits per heavy atom. The van der Waals surface area contributed by atoms with Crippen LogP contribution < -0.4 is 5.32 Å². The van der Waals surface area contributed by atoms with Crippen molar-refractivity contribution in [1.82, 2.24) is 5.32 Å². The maximum atomic E-state index is 12.1. The molecule has 0 heterocycles. The molecule has 0 unspecified atom stereocenters. The topological polar surface area (TPSA) is 49.3 Å². The molecule has 4 heteroatoms. The van der Waals surface area contributed by atoms with Gasteiger partial charge in [-0.2, -0.15) is 0 Å². The van der Waals surface area contributed by atoms with E-state index in [1.807, 2.05) is 19.1 Å². The summed E-state index contributed by atoms with van der Waals surface area (Å²) in [5.74, 6) is 0.0546. The number of hydrogen-bond acceptors (Lipinski definition) is 2. The Labute approximate surface area is 111 Å². The highest BCUT2D eigenvalue weighted by Gasteiger charge is 2.20. The molecule has 1 aliphatic rings. The van der Waals surface area contributed by atoms with Crippen molar-refractivity contribution in [2.75, 3.05) is 6.61 Å². The molecule has 0 saturated carbocycles. The average Bonchev–Trinajstić information content (AvgIpc) is 2.76. The van der Waals surface area contributed by atoms with Crippen LogP contribution in [-0.2, 0) is 0 Å². The predicted octanol–water partition coefficient (Wildman–Crippen LogP) is 2.32. The van der Waals surface area contributed by atoms with Crippen molar-refractivity contribution in [3.8, 4) is 0 Å². The van der Waals surface area contributed by atoms with E-state index in [0.29, 0.717) is 10.6 Å². The molecular weight excluding hydrogens is 250 g/mol. The van der Waals surface area contributed by atoms with Crippen LogP contribution in [0.2, 0.25) is 5.02 Å². The maximum Gasteiger partial charge on any atom is 0.252 e. The number of aliphatic hydroxyl groups is 1. The molecule has 1 aromatic rings. The molecule has 0 radical (unpaired) electrons. The molecule has 1 aliphatic carbocycles. The van der Waals surface area contributed by atoms with Gasteiger partial charge in [0.15, 0.2) is 0 Å². The Kier molecular flexibility index (Phi) is 4.04. The Hall–Kier alpha value is -1.32. The third kappa shape index (κ3) is 2.92. The minimum absolute atomic E-state index is 0.00438. The van der Waals surface area contributed by atoms with E-state index < -0.39 is 0 Å². The summed E-state index contributed by atoms with van der Waals surface area (Å²) in [6.07, 6.45) is 4.64. The van der Waals surface area contributed by atoms with Gasteiger partial charge in [0.2, 0.25) is 0 Å². The van der Waals surface area contributed by atoms with Gasteiger partial charge in [0.05, 0.1) is 0 Å². The number of hydrogen-bond donors (Lipinski definition) is 2. The molecule has 18 heavy (non-hydrogen) atoms. The zero-order valence-electron chi connectivity index (χ0n) is 10.2. The number of halogens is 1. The molecule has 0 bridgehead atoms. The predicted molar refractivity (Wildman–Crippen MR) is 71.8 cm³/mol. The number of amides is 1. The number of aliphatic hydroxyl groups excluding tert-OH is 1. The highest BCUT2D eigenvalue weighted by Crippen LogP contribution is 2.19. The second-order valence-electron chi connectivity index (χ2n) is 4.60. The molecular formula is C14H16ClNO2. The van der Waals surface area contributed by atoms with Crippen molar-refractivity contribution in [1.29, 1.82) is 0 Å². The lowest BCUT2D eigenvalue weighted by molar-refractivity contribution is 0.0940. The summed E-state index contributed by atoms with van der Waals surface area (Å²) >= 11 is 5.86. The Morgan fingerprint density at radius 2 is 2.28 bits per heavy atom. The smallest absolute Gasteiger partial charge is 0.252 e. The van der Waals surface area contributed by atoms with Crippen molar-refractivity contribution in [2.45, 2.75) is 19.4 Å². The van der Waals surface area contributed by atoms with Crippen molar-refractivity contribution in [3.05, 3.63) is 46.5 Å². The highest BCUT2D eigenvalue weighted by molar-refractivity contribution is 6.30. The Balaban J connectivity index is 2.02. The van der Waals surface area contributed by atoms with Gasteiger partial charge in [0.25, 0.3) is 5.91 Å². The molecule has 2 rings (SSSR count). The van der Waals surface area contributed by atoms with Crippen molar-refractivity contribution < 1.29 is 9.90 Å². The first kappa shape index (κ1) is 13.1. The van der Waals surface area contributed by atoms with Crippen LogP contribution in [0.5, 0.6) is 0 Å². The summed E-state index contributed by atoms with van der Waals surface area (Å²) in [4.78, 5) is 12.1. The lowest BCUT2D eigenvalue weighted by Gasteiger charge is -2.14. The third-order valence-electron chi connectivity index (χ3n) is 3.16. The normalized spacial score (nSPS) is 22.2. The van der Waals surface area contributed by atoms with E-state index >= 15 is 0 Å². The second kappa shape index (κ2) is 5.55. The molecule has 2 atom stereocenters. The zero-order chi connectivity index (χ0) is 13.1. The number of benzene rings is 1. The SMILES string of the molecule is Cc1cc(Cl)ccc1C(=O)N[C@@H]1C=C[C@H](CO)C1. The monoisotopic (exact) mass is 265 g/mol. The number of carbonyl (C=O) groups is 1. The van der Waals surface area contributed by atoms with E-state index in [0.717, 1.165) is 12.0 Å². The fourth-order valence-corrected chi connectivity index (χ4v) is 2.37. The molecule has 0 saturated heterocycles. The van der Waals surface area contributed by atoms with Gasteiger partial charge in [-0.05, 0) is 37.1 Å². The molecule has 3 nitrogen and oxygen atoms in total. The van der Waals surface area contributed by atoms with E-state index in [4.69, 9.17) is 16.7 Å². The van der Waals surface area contributed by atoms with Crippen LogP contribution in [0.3, 0.4) is 0 Å². The number of rotatable bonds is 3. The molecule has 1 aromatic carbocycles. The van der Waals surface area contributed by atoms with Crippen molar-refractivity contribution in [3.63, 3.8) is 0 Å². The van der Waals surface area contributed by atoms with Gasteiger partial charge in [-0.25, -0.2) is 0 Å². The summed E-state index contributed by atoms with van der Waals surface area (Å²) in [6, 6.07) is 5.22. The van der Waals surface area contributed by atoms with Crippen LogP contribution in [0, 0.1) is 12.8 Å². The van der Waals surface area contributed by atoms with E-state index in [9.17, 15) is 4.79 Å². The average molecular weight is 266 g/mol. The maximum absolute atomic E-state index is 12.1. The lowest BCUT2D eigenvalue weighted by Crippen LogP contribution is -2.33. The minimum Gasteiger partial charge on any atom is -0.396 e. The summed E-state index contributed by atoms with van der Waals surface area (Å²) in [5, 5.41) is 12.6. The molecule has 0 aliphatic heterocycles. The lowest BCUT2D eigenvalue weighted by atomic mass is 10.1. The molecule has 96 valence electrons. The second-order valence-corrected chi connectivity index (χ2v) is 5.04. The third-order valence-corrected chi connectivity index (χ3v) is 3.39. The number of aryl methyl sites for hydroxylation is 1. The Bertz CT molecular complexity index is 485. The van der Waals surface area contributed by atoms with Crippen LogP contribution in [0.1, 0.15) is 22.3 Å². The minimum atomic E-state index is -0.0996. The molecule has 0 aromatic heterocycles. The van der Waals surface area contributed by atoms with Gasteiger partial charge in [-0.3, -0.25) is 4.79 Å². The molecule has 0 fully saturated rings. The highest BCUT2D eigenvalue weighted by atomic mass is 35.5. The van der Waals surface area contributed by atoms with Crippen LogP contribution in [0.15, 0.2) is 30.4 Å². The van der Waals surface area contributed by atoms with E-state index in [-0.39, 0.29) is 24.5 Å². The number of carbonyl (C=O) groups excluding carboxylic acids is 1. The number of nitrogens with one attached hydrogen (secondary N) is 1. The van der Waals surface area contributed by atoms with Gasteiger partial charge in [0.1, 0.15) is 0 Å². The Morgan fingerprint density at radius 1 is 1.50 bits per heavy atom. The fourth-order valence-electron chi connectivity index (χ4n) is 2.14. The summed E-state index contributed by atoms with van der Waals surface area (Å²) in [5.41, 5.74) is 1.50. The first-order chi connectivity index (χ1) is 8.60. The zero-order valence-corrected chi connectivity index (χ0v) is 10.9. The van der Waals surface area contributed by atoms with Gasteiger partial charge < -0.3 is 10.4 Å². The van der Waals surface area contributed by atoms with Gasteiger partial charge in [-0.1, -0.05) is 23.8 Å². The summed E-state index contributed by atoms with van der Waals surface area (Å²) in [7, 11) is 0. The van der Waals surface area contributed by atoms with Crippen LogP contribution in [-0.4, -0.2) is 23.7 Å². The standard InChI is InChI=1S/C14H16ClNO2/c1-9-6-11(15)3-5-13(9)14(18)16-12-4-2-10(7-12)8-17/h2-6,10,12,17H,7-8H2,1H3,(H,16,18)/t10-,12+/m0/s1. The van der Waals surface area contributed by atoms with Gasteiger partial charge in [-0.15, -0.1) is 0 Å². The summed E-state index contributed by atoms with van der Waals surface area (Å²) in [6.45, 7) is 1.99. The summed E-state index contributed by atoms with van der Waals surface area (Å²) < 4.78 is 0. The van der Waals surface area contributed by atoms with E-state index in [1.54, 1.807) is 18.2 Å². The molecule has 1 amide bonds. The van der Waals surface area contributed by atoms with Crippen LogP contribution in [0.4, 0.5) is 0 Å². The van der Waals surface area contributed by atoms with Crippen LogP contribution in [0.25, 0.3) is 0 Å². The first-order valence-corrected chi connectivity index (χ1v) is 6.34. The quantitative estimate of drug-likeness (QED) is 0.824. The van der Waals surface area contributed by atoms with Gasteiger partial charge in [0, 0.05) is 29.2 Å². The molecule has 0 spiro atoms.